The van der Waals surface area contributed by atoms with Crippen LogP contribution in [0.5, 0.6) is 0 Å². The van der Waals surface area contributed by atoms with Crippen LogP contribution in [-0.4, -0.2) is 53.3 Å². The van der Waals surface area contributed by atoms with E-state index in [1.807, 2.05) is 42.0 Å². The van der Waals surface area contributed by atoms with E-state index in [9.17, 15) is 0 Å². The highest BCUT2D eigenvalue weighted by molar-refractivity contribution is 5.81. The molecule has 7 heteroatoms. The maximum atomic E-state index is 4.24. The Morgan fingerprint density at radius 1 is 0.500 bits per heavy atom. The van der Waals surface area contributed by atoms with Crippen molar-refractivity contribution in [3.63, 3.8) is 0 Å². The summed E-state index contributed by atoms with van der Waals surface area (Å²) in [6.45, 7) is 13.3. The molecule has 52 heavy (non-hydrogen) atoms. The van der Waals surface area contributed by atoms with E-state index in [1.165, 1.54) is 81.0 Å². The van der Waals surface area contributed by atoms with Crippen molar-refractivity contribution in [1.29, 1.82) is 0 Å². The maximum Gasteiger partial charge on any atom is 0.0955 e. The SMILES string of the molecule is CC1CCCN(C)C1.Cc1ccc2c(c1)ncn2C.Cc1ccc2c(ccn2C)c1.Cc1ccc2ccn(C)c2c1.Cc1ccc2ncn(C)c2c1. The van der Waals surface area contributed by atoms with E-state index in [0.29, 0.717) is 0 Å². The molecule has 0 radical (unpaired) electrons. The highest BCUT2D eigenvalue weighted by atomic mass is 15.1. The molecule has 272 valence electrons. The van der Waals surface area contributed by atoms with Crippen LogP contribution < -0.4 is 0 Å². The van der Waals surface area contributed by atoms with Crippen LogP contribution in [0.15, 0.2) is 110 Å². The molecule has 5 heterocycles. The Hall–Kier alpha value is -5.14. The summed E-state index contributed by atoms with van der Waals surface area (Å²) in [5.41, 5.74) is 12.3. The van der Waals surface area contributed by atoms with Gasteiger partial charge in [0.1, 0.15) is 0 Å². The van der Waals surface area contributed by atoms with Gasteiger partial charge in [0, 0.05) is 58.2 Å². The molecular weight excluding hydrogens is 639 g/mol. The largest absolute Gasteiger partial charge is 0.351 e. The van der Waals surface area contributed by atoms with Gasteiger partial charge in [0.05, 0.1) is 34.7 Å². The lowest BCUT2D eigenvalue weighted by atomic mass is 10.0. The molecule has 1 fully saturated rings. The van der Waals surface area contributed by atoms with Crippen LogP contribution in [0.4, 0.5) is 0 Å². The fourth-order valence-corrected chi connectivity index (χ4v) is 6.68. The minimum absolute atomic E-state index is 0.939. The Balaban J connectivity index is 0.000000126. The number of benzene rings is 4. The number of fused-ring (bicyclic) bond motifs is 4. The summed E-state index contributed by atoms with van der Waals surface area (Å²) in [6, 6.07) is 29.8. The molecule has 4 aromatic carbocycles. The van der Waals surface area contributed by atoms with Gasteiger partial charge in [0.15, 0.2) is 0 Å². The van der Waals surface area contributed by atoms with Crippen LogP contribution in [-0.2, 0) is 28.2 Å². The zero-order valence-electron chi connectivity index (χ0n) is 32.9. The molecule has 1 aliphatic rings. The van der Waals surface area contributed by atoms with Gasteiger partial charge < -0.3 is 23.2 Å². The number of imidazole rings is 2. The molecule has 7 nitrogen and oxygen atoms in total. The van der Waals surface area contributed by atoms with Gasteiger partial charge in [-0.2, -0.15) is 0 Å². The van der Waals surface area contributed by atoms with Crippen LogP contribution in [0.2, 0.25) is 0 Å². The van der Waals surface area contributed by atoms with Gasteiger partial charge >= 0.3 is 0 Å². The zero-order valence-corrected chi connectivity index (χ0v) is 32.9. The second-order valence-electron chi connectivity index (χ2n) is 14.7. The lowest BCUT2D eigenvalue weighted by molar-refractivity contribution is 0.221. The van der Waals surface area contributed by atoms with Gasteiger partial charge in [-0.05, 0) is 142 Å². The fourth-order valence-electron chi connectivity index (χ4n) is 6.68. The minimum atomic E-state index is 0.939. The lowest BCUT2D eigenvalue weighted by Gasteiger charge is -2.26. The van der Waals surface area contributed by atoms with E-state index in [-0.39, 0.29) is 0 Å². The average Bonchev–Trinajstić information content (AvgIpc) is 3.88. The summed E-state index contributed by atoms with van der Waals surface area (Å²) < 4.78 is 8.33. The second-order valence-corrected chi connectivity index (χ2v) is 14.7. The smallest absolute Gasteiger partial charge is 0.0955 e. The summed E-state index contributed by atoms with van der Waals surface area (Å²) >= 11 is 0. The fraction of sp³-hybridized carbons (Fsp3) is 0.333. The molecule has 1 atom stereocenters. The third-order valence-electron chi connectivity index (χ3n) is 9.71. The van der Waals surface area contributed by atoms with Crippen LogP contribution in [0.3, 0.4) is 0 Å². The number of hydrogen-bond acceptors (Lipinski definition) is 3. The van der Waals surface area contributed by atoms with Crippen molar-refractivity contribution in [1.82, 2.24) is 33.1 Å². The quantitative estimate of drug-likeness (QED) is 0.159. The second kappa shape index (κ2) is 17.4. The number of aromatic nitrogens is 6. The Kier molecular flexibility index (Phi) is 12.7. The molecule has 1 saturated heterocycles. The summed E-state index contributed by atoms with van der Waals surface area (Å²) in [5.74, 6) is 0.939. The highest BCUT2D eigenvalue weighted by Crippen LogP contribution is 2.17. The van der Waals surface area contributed by atoms with Gasteiger partial charge in [-0.15, -0.1) is 0 Å². The predicted molar refractivity (Wildman–Crippen MR) is 222 cm³/mol. The van der Waals surface area contributed by atoms with E-state index in [2.05, 4.69) is 171 Å². The van der Waals surface area contributed by atoms with E-state index in [0.717, 1.165) is 17.0 Å². The molecule has 0 spiro atoms. The molecule has 0 saturated carbocycles. The number of rotatable bonds is 0. The topological polar surface area (TPSA) is 48.7 Å². The summed E-state index contributed by atoms with van der Waals surface area (Å²) in [7, 11) is 10.4. The van der Waals surface area contributed by atoms with Gasteiger partial charge in [-0.3, -0.25) is 0 Å². The van der Waals surface area contributed by atoms with Crippen molar-refractivity contribution in [2.45, 2.75) is 47.5 Å². The third-order valence-corrected chi connectivity index (χ3v) is 9.71. The normalized spacial score (nSPS) is 14.2. The predicted octanol–water partition coefficient (Wildman–Crippen LogP) is 10.1. The molecule has 8 aromatic rings. The molecule has 9 rings (SSSR count). The van der Waals surface area contributed by atoms with Crippen molar-refractivity contribution in [2.24, 2.45) is 34.1 Å². The lowest BCUT2D eigenvalue weighted by Crippen LogP contribution is -2.30. The molecule has 1 aliphatic heterocycles. The van der Waals surface area contributed by atoms with Gasteiger partial charge in [-0.25, -0.2) is 9.97 Å². The van der Waals surface area contributed by atoms with E-state index < -0.39 is 0 Å². The Bertz CT molecular complexity index is 2180. The van der Waals surface area contributed by atoms with Crippen LogP contribution in [0.1, 0.15) is 42.0 Å². The molecule has 4 aromatic heterocycles. The molecule has 0 amide bonds. The van der Waals surface area contributed by atoms with Gasteiger partial charge in [-0.1, -0.05) is 42.8 Å². The first-order chi connectivity index (χ1) is 24.9. The van der Waals surface area contributed by atoms with Crippen LogP contribution >= 0.6 is 0 Å². The number of piperidine rings is 1. The van der Waals surface area contributed by atoms with Crippen LogP contribution in [0.25, 0.3) is 43.9 Å². The third kappa shape index (κ3) is 10.0. The first-order valence-electron chi connectivity index (χ1n) is 18.3. The number of aryl methyl sites for hydroxylation is 8. The minimum Gasteiger partial charge on any atom is -0.351 e. The van der Waals surface area contributed by atoms with E-state index >= 15 is 0 Å². The van der Waals surface area contributed by atoms with Crippen LogP contribution in [0, 0.1) is 33.6 Å². The number of likely N-dealkylation sites (tertiary alicyclic amines) is 1. The summed E-state index contributed by atoms with van der Waals surface area (Å²) in [6.07, 6.45) is 10.7. The molecule has 0 N–H and O–H groups in total. The van der Waals surface area contributed by atoms with Crippen molar-refractivity contribution in [3.8, 4) is 0 Å². The Morgan fingerprint density at radius 3 is 1.71 bits per heavy atom. The van der Waals surface area contributed by atoms with Gasteiger partial charge in [0.25, 0.3) is 0 Å². The maximum absolute atomic E-state index is 4.24. The van der Waals surface area contributed by atoms with Crippen molar-refractivity contribution in [2.75, 3.05) is 20.1 Å². The van der Waals surface area contributed by atoms with Crippen molar-refractivity contribution < 1.29 is 0 Å². The average molecular weight is 696 g/mol. The first-order valence-corrected chi connectivity index (χ1v) is 18.3. The van der Waals surface area contributed by atoms with E-state index in [1.54, 1.807) is 0 Å². The molecule has 0 aliphatic carbocycles. The standard InChI is InChI=1S/2C10H11N.2C9H10N2.C7H15N/c1-8-3-4-10-9(7-8)5-6-11(10)2;1-8-3-4-9-5-6-11(2)10(9)7-8;1-7-3-4-9-8(5-7)10-6-11(9)2;1-7-3-4-8-9(5-7)11(2)6-10-8;1-7-4-3-5-8(2)6-7/h2*3-7H,1-2H3;2*3-6H,1-2H3;7H,3-6H2,1-2H3. The Labute approximate surface area is 310 Å². The molecule has 1 unspecified atom stereocenters. The number of nitrogens with zero attached hydrogens (tertiary/aromatic N) is 7. The molecular formula is C45H57N7. The highest BCUT2D eigenvalue weighted by Gasteiger charge is 2.11. The Morgan fingerprint density at radius 2 is 1.04 bits per heavy atom. The molecule has 0 bridgehead atoms. The van der Waals surface area contributed by atoms with Gasteiger partial charge in [0.2, 0.25) is 0 Å². The monoisotopic (exact) mass is 695 g/mol. The van der Waals surface area contributed by atoms with Crippen molar-refractivity contribution in [3.05, 3.63) is 132 Å². The zero-order chi connectivity index (χ0) is 37.4. The van der Waals surface area contributed by atoms with Crippen molar-refractivity contribution >= 4 is 43.9 Å². The first kappa shape index (κ1) is 38.1. The summed E-state index contributed by atoms with van der Waals surface area (Å²) in [5, 5.41) is 2.64. The van der Waals surface area contributed by atoms with E-state index in [4.69, 9.17) is 0 Å². The summed E-state index contributed by atoms with van der Waals surface area (Å²) in [4.78, 5) is 10.9. The number of hydrogen-bond donors (Lipinski definition) is 0.